The van der Waals surface area contributed by atoms with Gasteiger partial charge in [0, 0.05) is 6.42 Å². The lowest BCUT2D eigenvalue weighted by atomic mass is 10.2. The second-order valence-electron chi connectivity index (χ2n) is 4.03. The van der Waals surface area contributed by atoms with Crippen LogP contribution in [0.5, 0.6) is 0 Å². The first kappa shape index (κ1) is 11.4. The van der Waals surface area contributed by atoms with Crippen molar-refractivity contribution in [2.75, 3.05) is 0 Å². The second kappa shape index (κ2) is 5.16. The van der Waals surface area contributed by atoms with Crippen molar-refractivity contribution >= 4 is 13.9 Å². The van der Waals surface area contributed by atoms with E-state index in [0.717, 1.165) is 12.8 Å². The average molecular weight is 182 g/mol. The summed E-state index contributed by atoms with van der Waals surface area (Å²) in [5, 5.41) is 0. The van der Waals surface area contributed by atoms with E-state index < -0.39 is 8.07 Å². The van der Waals surface area contributed by atoms with E-state index in [2.05, 4.69) is 38.0 Å². The monoisotopic (exact) mass is 182 g/mol. The van der Waals surface area contributed by atoms with E-state index in [1.54, 1.807) is 0 Å². The van der Waals surface area contributed by atoms with E-state index in [1.165, 1.54) is 0 Å². The van der Waals surface area contributed by atoms with Crippen LogP contribution in [0.15, 0.2) is 0 Å². The number of hydrogen-bond donors (Lipinski definition) is 0. The van der Waals surface area contributed by atoms with Crippen molar-refractivity contribution < 1.29 is 4.79 Å². The molecule has 0 heterocycles. The molecule has 0 aromatic rings. The average Bonchev–Trinajstić information content (AvgIpc) is 1.95. The lowest BCUT2D eigenvalue weighted by Crippen LogP contribution is -2.17. The Morgan fingerprint density at radius 2 is 1.92 bits per heavy atom. The highest BCUT2D eigenvalue weighted by Gasteiger charge is 2.08. The summed E-state index contributed by atoms with van der Waals surface area (Å²) in [6.45, 7) is 8.52. The molecule has 1 nitrogen and oxygen atoms in total. The summed E-state index contributed by atoms with van der Waals surface area (Å²) in [5.74, 6) is 2.84. The van der Waals surface area contributed by atoms with Crippen LogP contribution in [-0.2, 0) is 4.79 Å². The van der Waals surface area contributed by atoms with Crippen molar-refractivity contribution in [2.24, 2.45) is 0 Å². The van der Waals surface area contributed by atoms with Crippen molar-refractivity contribution in [1.82, 2.24) is 0 Å². The molecule has 0 aromatic heterocycles. The maximum Gasteiger partial charge on any atom is 0.204 e. The Kier molecular flexibility index (Phi) is 4.92. The minimum Gasteiger partial charge on any atom is -0.285 e. The topological polar surface area (TPSA) is 17.1 Å². The van der Waals surface area contributed by atoms with E-state index in [-0.39, 0.29) is 5.78 Å². The molecule has 0 aliphatic heterocycles. The first-order chi connectivity index (χ1) is 5.45. The quantitative estimate of drug-likeness (QED) is 0.484. The van der Waals surface area contributed by atoms with Gasteiger partial charge in [0.15, 0.2) is 0 Å². The number of unbranched alkanes of at least 4 members (excludes halogenated alkanes) is 1. The summed E-state index contributed by atoms with van der Waals surface area (Å²) in [6.07, 6.45) is 2.67. The van der Waals surface area contributed by atoms with Crippen LogP contribution in [-0.4, -0.2) is 13.9 Å². The van der Waals surface area contributed by atoms with E-state index in [1.807, 2.05) is 0 Å². The zero-order valence-electron chi connectivity index (χ0n) is 8.53. The molecule has 0 rings (SSSR count). The molecule has 2 heteroatoms. The van der Waals surface area contributed by atoms with Gasteiger partial charge in [-0.3, -0.25) is 4.79 Å². The Morgan fingerprint density at radius 3 is 2.33 bits per heavy atom. The third-order valence-corrected chi connectivity index (χ3v) is 2.21. The van der Waals surface area contributed by atoms with Gasteiger partial charge in [-0.15, -0.1) is 5.54 Å². The molecule has 0 fully saturated rings. The van der Waals surface area contributed by atoms with Gasteiger partial charge in [-0.05, 0) is 12.3 Å². The molecule has 0 saturated heterocycles. The third-order valence-electron chi connectivity index (χ3n) is 1.33. The Labute approximate surface area is 76.6 Å². The minimum atomic E-state index is -1.34. The van der Waals surface area contributed by atoms with Gasteiger partial charge in [0.1, 0.15) is 8.07 Å². The highest BCUT2D eigenvalue weighted by molar-refractivity contribution is 6.84. The highest BCUT2D eigenvalue weighted by Crippen LogP contribution is 1.98. The number of hydrogen-bond acceptors (Lipinski definition) is 1. The lowest BCUT2D eigenvalue weighted by molar-refractivity contribution is -0.113. The normalized spacial score (nSPS) is 10.3. The van der Waals surface area contributed by atoms with Crippen LogP contribution in [0.2, 0.25) is 19.6 Å². The van der Waals surface area contributed by atoms with Gasteiger partial charge in [0.05, 0.1) is 0 Å². The molecule has 68 valence electrons. The van der Waals surface area contributed by atoms with Crippen molar-refractivity contribution in [2.45, 2.75) is 45.8 Å². The Morgan fingerprint density at radius 1 is 1.33 bits per heavy atom. The fourth-order valence-corrected chi connectivity index (χ4v) is 1.17. The van der Waals surface area contributed by atoms with E-state index in [9.17, 15) is 4.79 Å². The van der Waals surface area contributed by atoms with Crippen LogP contribution < -0.4 is 0 Å². The van der Waals surface area contributed by atoms with Gasteiger partial charge >= 0.3 is 0 Å². The van der Waals surface area contributed by atoms with E-state index in [0.29, 0.717) is 6.42 Å². The molecule has 0 aromatic carbocycles. The van der Waals surface area contributed by atoms with Gasteiger partial charge in [-0.2, -0.15) is 0 Å². The molecule has 0 unspecified atom stereocenters. The van der Waals surface area contributed by atoms with Crippen molar-refractivity contribution in [3.63, 3.8) is 0 Å². The summed E-state index contributed by atoms with van der Waals surface area (Å²) < 4.78 is 0. The summed E-state index contributed by atoms with van der Waals surface area (Å²) in [5.41, 5.74) is 3.07. The summed E-state index contributed by atoms with van der Waals surface area (Å²) in [6, 6.07) is 0. The summed E-state index contributed by atoms with van der Waals surface area (Å²) >= 11 is 0. The molecule has 0 N–H and O–H groups in total. The van der Waals surface area contributed by atoms with Gasteiger partial charge in [0.2, 0.25) is 5.78 Å². The molecule has 12 heavy (non-hydrogen) atoms. The Hall–Kier alpha value is -0.553. The fourth-order valence-electron chi connectivity index (χ4n) is 0.657. The van der Waals surface area contributed by atoms with Crippen LogP contribution in [0, 0.1) is 11.5 Å². The maximum absolute atomic E-state index is 11.1. The molecule has 0 spiro atoms. The lowest BCUT2D eigenvalue weighted by Gasteiger charge is -2.02. The summed E-state index contributed by atoms with van der Waals surface area (Å²) in [7, 11) is -1.34. The largest absolute Gasteiger partial charge is 0.285 e. The first-order valence-electron chi connectivity index (χ1n) is 4.51. The van der Waals surface area contributed by atoms with Gasteiger partial charge in [0.25, 0.3) is 0 Å². The van der Waals surface area contributed by atoms with Gasteiger partial charge in [-0.1, -0.05) is 33.0 Å². The van der Waals surface area contributed by atoms with Crippen LogP contribution in [0.25, 0.3) is 0 Å². The predicted octanol–water partition coefficient (Wildman–Crippen LogP) is 2.63. The SMILES string of the molecule is CCCCC(=O)C#C[Si](C)(C)C. The van der Waals surface area contributed by atoms with Crippen LogP contribution in [0.4, 0.5) is 0 Å². The first-order valence-corrected chi connectivity index (χ1v) is 8.01. The standard InChI is InChI=1S/C10H18OSi/c1-5-6-7-10(11)8-9-12(2,3)4/h5-7H2,1-4H3. The van der Waals surface area contributed by atoms with E-state index >= 15 is 0 Å². The van der Waals surface area contributed by atoms with Crippen LogP contribution >= 0.6 is 0 Å². The number of rotatable bonds is 3. The van der Waals surface area contributed by atoms with Crippen molar-refractivity contribution in [1.29, 1.82) is 0 Å². The number of carbonyl (C=O) groups excluding carboxylic acids is 1. The predicted molar refractivity (Wildman–Crippen MR) is 55.7 cm³/mol. The van der Waals surface area contributed by atoms with Crippen molar-refractivity contribution in [3.05, 3.63) is 0 Å². The molecular formula is C10H18OSi. The smallest absolute Gasteiger partial charge is 0.204 e. The minimum absolute atomic E-state index is 0.110. The third kappa shape index (κ3) is 7.55. The Bertz CT molecular complexity index is 202. The van der Waals surface area contributed by atoms with E-state index in [4.69, 9.17) is 0 Å². The zero-order valence-corrected chi connectivity index (χ0v) is 9.53. The maximum atomic E-state index is 11.1. The van der Waals surface area contributed by atoms with Crippen molar-refractivity contribution in [3.8, 4) is 11.5 Å². The van der Waals surface area contributed by atoms with Gasteiger partial charge < -0.3 is 0 Å². The van der Waals surface area contributed by atoms with Crippen LogP contribution in [0.3, 0.4) is 0 Å². The molecule has 0 amide bonds. The molecule has 0 saturated carbocycles. The number of Topliss-reactive ketones (excluding diaryl/α,β-unsaturated/α-hetero) is 1. The molecule has 0 aliphatic rings. The molecule has 0 radical (unpaired) electrons. The molecular weight excluding hydrogens is 164 g/mol. The highest BCUT2D eigenvalue weighted by atomic mass is 28.3. The zero-order chi connectivity index (χ0) is 9.61. The number of carbonyl (C=O) groups is 1. The molecule has 0 atom stereocenters. The Balaban J connectivity index is 3.88. The second-order valence-corrected chi connectivity index (χ2v) is 8.78. The summed E-state index contributed by atoms with van der Waals surface area (Å²) in [4.78, 5) is 11.1. The van der Waals surface area contributed by atoms with Gasteiger partial charge in [-0.25, -0.2) is 0 Å². The molecule has 0 aliphatic carbocycles. The number of ketones is 1. The molecule has 0 bridgehead atoms. The fraction of sp³-hybridized carbons (Fsp3) is 0.700. The van der Waals surface area contributed by atoms with Crippen LogP contribution in [0.1, 0.15) is 26.2 Å².